The van der Waals surface area contributed by atoms with Crippen LogP contribution in [-0.4, -0.2) is 119 Å². The van der Waals surface area contributed by atoms with E-state index in [1.165, 1.54) is 0 Å². The van der Waals surface area contributed by atoms with Crippen LogP contribution in [-0.2, 0) is 4.79 Å². The van der Waals surface area contributed by atoms with Gasteiger partial charge in [-0.05, 0) is 0 Å². The van der Waals surface area contributed by atoms with Crippen molar-refractivity contribution in [1.82, 2.24) is 0 Å². The molecule has 0 saturated heterocycles. The molecule has 79 valence electrons. The zero-order valence-corrected chi connectivity index (χ0v) is 10.7. The van der Waals surface area contributed by atoms with Gasteiger partial charge in [-0.1, -0.05) is 0 Å². The van der Waals surface area contributed by atoms with Crippen LogP contribution in [0.4, 0.5) is 0 Å². The van der Waals surface area contributed by atoms with E-state index in [2.05, 4.69) is 0 Å². The summed E-state index contributed by atoms with van der Waals surface area (Å²) in [6.07, 6.45) is -7.84. The smallest absolute Gasteiger partial charge is 0.335 e. The van der Waals surface area contributed by atoms with Crippen LogP contribution in [0.2, 0.25) is 0 Å². The van der Waals surface area contributed by atoms with Gasteiger partial charge in [0.2, 0.25) is 0 Å². The molecule has 0 bridgehead atoms. The molecule has 0 fully saturated rings. The summed E-state index contributed by atoms with van der Waals surface area (Å²) in [6, 6.07) is 0. The predicted octanol–water partition coefficient (Wildman–Crippen LogP) is -3.87. The van der Waals surface area contributed by atoms with Crippen molar-refractivity contribution >= 4 is 57.4 Å². The zero-order valence-electron chi connectivity index (χ0n) is 7.61. The third kappa shape index (κ3) is 5.12. The molecule has 0 rings (SSSR count). The van der Waals surface area contributed by atoms with Crippen LogP contribution >= 0.6 is 0 Å². The molecule has 1 radical (unpaired) electrons. The predicted molar refractivity (Wildman–Crippen MR) is 44.5 cm³/mol. The van der Waals surface area contributed by atoms with Crippen molar-refractivity contribution in [3.05, 3.63) is 0 Å². The van der Waals surface area contributed by atoms with Gasteiger partial charge >= 0.3 is 5.97 Å². The number of aliphatic hydroxyl groups is 5. The van der Waals surface area contributed by atoms with Crippen molar-refractivity contribution in [2.24, 2.45) is 0 Å². The molecule has 7 nitrogen and oxygen atoms in total. The zero-order chi connectivity index (χ0) is 10.6. The van der Waals surface area contributed by atoms with E-state index in [0.29, 0.717) is 0 Å². The van der Waals surface area contributed by atoms with Gasteiger partial charge in [0.25, 0.3) is 0 Å². The third-order valence-electron chi connectivity index (χ3n) is 1.51. The molecule has 0 aromatic carbocycles. The number of hydrogen-bond acceptors (Lipinski definition) is 6. The summed E-state index contributed by atoms with van der Waals surface area (Å²) in [5.74, 6) is -1.73. The number of carboxylic acids is 1. The van der Waals surface area contributed by atoms with Gasteiger partial charge in [-0.25, -0.2) is 4.79 Å². The van der Waals surface area contributed by atoms with E-state index >= 15 is 0 Å². The Balaban J connectivity index is 0. The Hall–Kier alpha value is 0.906. The van der Waals surface area contributed by atoms with E-state index in [9.17, 15) is 4.79 Å². The average Bonchev–Trinajstić information content (AvgIpc) is 2.12. The molecule has 8 heteroatoms. The van der Waals surface area contributed by atoms with Gasteiger partial charge in [0, 0.05) is 51.4 Å². The monoisotopic (exact) mass is 235 g/mol. The molecule has 6 N–H and O–H groups in total. The Morgan fingerprint density at radius 1 is 1.07 bits per heavy atom. The third-order valence-corrected chi connectivity index (χ3v) is 1.51. The molecule has 0 aromatic heterocycles. The second kappa shape index (κ2) is 8.10. The second-order valence-electron chi connectivity index (χ2n) is 2.51. The van der Waals surface area contributed by atoms with E-state index < -0.39 is 37.0 Å². The summed E-state index contributed by atoms with van der Waals surface area (Å²) in [5, 5.41) is 51.8. The topological polar surface area (TPSA) is 138 Å². The van der Waals surface area contributed by atoms with Gasteiger partial charge in [-0.3, -0.25) is 0 Å². The number of carboxylic acid groups (broad SMARTS) is 1. The van der Waals surface area contributed by atoms with Crippen LogP contribution in [0, 0.1) is 0 Å². The minimum absolute atomic E-state index is 0. The number of carbonyl (C=O) groups is 1. The Bertz CT molecular complexity index is 176. The van der Waals surface area contributed by atoms with Crippen LogP contribution in [0.5, 0.6) is 0 Å². The van der Waals surface area contributed by atoms with Gasteiger partial charge in [-0.2, -0.15) is 0 Å². The molecule has 0 aliphatic rings. The number of aliphatic carboxylic acids is 1. The summed E-state index contributed by atoms with van der Waals surface area (Å²) in [6.45, 7) is -0.843. The van der Waals surface area contributed by atoms with Crippen molar-refractivity contribution in [3.63, 3.8) is 0 Å². The number of aliphatic hydroxyl groups excluding tert-OH is 5. The van der Waals surface area contributed by atoms with Gasteiger partial charge in [0.05, 0.1) is 6.61 Å². The van der Waals surface area contributed by atoms with Gasteiger partial charge in [-0.15, -0.1) is 0 Å². The van der Waals surface area contributed by atoms with Crippen LogP contribution in [0.1, 0.15) is 0 Å². The van der Waals surface area contributed by atoms with E-state index in [0.717, 1.165) is 0 Å². The largest absolute Gasteiger partial charge is 0.479 e. The molecular formula is C6H12KO7. The minimum Gasteiger partial charge on any atom is -0.479 e. The number of rotatable bonds is 5. The summed E-state index contributed by atoms with van der Waals surface area (Å²) < 4.78 is 0. The van der Waals surface area contributed by atoms with Crippen molar-refractivity contribution in [1.29, 1.82) is 0 Å². The van der Waals surface area contributed by atoms with Gasteiger partial charge < -0.3 is 30.6 Å². The van der Waals surface area contributed by atoms with Crippen LogP contribution in [0.3, 0.4) is 0 Å². The first-order valence-electron chi connectivity index (χ1n) is 3.47. The summed E-state index contributed by atoms with van der Waals surface area (Å²) >= 11 is 0. The summed E-state index contributed by atoms with van der Waals surface area (Å²) in [5.41, 5.74) is 0. The van der Waals surface area contributed by atoms with Crippen LogP contribution < -0.4 is 0 Å². The van der Waals surface area contributed by atoms with Gasteiger partial charge in [0.1, 0.15) is 18.3 Å². The fourth-order valence-electron chi connectivity index (χ4n) is 0.668. The molecule has 0 amide bonds. The maximum Gasteiger partial charge on any atom is 0.335 e. The fourth-order valence-corrected chi connectivity index (χ4v) is 0.668. The Kier molecular flexibility index (Phi) is 10.0. The second-order valence-corrected chi connectivity index (χ2v) is 2.51. The normalized spacial score (nSPS) is 18.9. The maximum absolute atomic E-state index is 10.1. The van der Waals surface area contributed by atoms with Gasteiger partial charge in [0.15, 0.2) is 6.10 Å². The summed E-state index contributed by atoms with van der Waals surface area (Å²) in [7, 11) is 0. The Morgan fingerprint density at radius 2 is 1.50 bits per heavy atom. The van der Waals surface area contributed by atoms with E-state index in [4.69, 9.17) is 30.6 Å². The van der Waals surface area contributed by atoms with Crippen molar-refractivity contribution in [3.8, 4) is 0 Å². The Morgan fingerprint density at radius 3 is 1.79 bits per heavy atom. The standard InChI is InChI=1S/C6H12O7.K/c7-1-2(8)3(9)4(10)5(11)6(12)13;/h2-5,7-11H,1H2,(H,12,13);. The molecular weight excluding hydrogens is 223 g/mol. The average molecular weight is 235 g/mol. The molecule has 14 heavy (non-hydrogen) atoms. The molecule has 0 aliphatic heterocycles. The first-order valence-corrected chi connectivity index (χ1v) is 3.47. The SMILES string of the molecule is O=C(O)C(O)C(O)C(O)C(O)CO.[K]. The van der Waals surface area contributed by atoms with E-state index in [-0.39, 0.29) is 51.4 Å². The first kappa shape index (κ1) is 17.3. The molecule has 0 aliphatic carbocycles. The number of hydrogen-bond donors (Lipinski definition) is 6. The van der Waals surface area contributed by atoms with E-state index in [1.54, 1.807) is 0 Å². The molecule has 4 atom stereocenters. The van der Waals surface area contributed by atoms with Crippen molar-refractivity contribution in [2.45, 2.75) is 24.4 Å². The molecule has 0 aromatic rings. The maximum atomic E-state index is 10.1. The van der Waals surface area contributed by atoms with Crippen molar-refractivity contribution in [2.75, 3.05) is 6.61 Å². The van der Waals surface area contributed by atoms with Crippen LogP contribution in [0.25, 0.3) is 0 Å². The molecule has 0 heterocycles. The van der Waals surface area contributed by atoms with Crippen molar-refractivity contribution < 1.29 is 35.4 Å². The fraction of sp³-hybridized carbons (Fsp3) is 0.833. The van der Waals surface area contributed by atoms with E-state index in [1.807, 2.05) is 0 Å². The minimum atomic E-state index is -2.20. The molecule has 0 saturated carbocycles. The quantitative estimate of drug-likeness (QED) is 0.268. The first-order chi connectivity index (χ1) is 5.91. The molecule has 4 unspecified atom stereocenters. The molecule has 0 spiro atoms. The summed E-state index contributed by atoms with van der Waals surface area (Å²) in [4.78, 5) is 10.1. The Labute approximate surface area is 122 Å². The van der Waals surface area contributed by atoms with Crippen LogP contribution in [0.15, 0.2) is 0 Å².